The minimum absolute atomic E-state index is 0.0390. The molecule has 0 unspecified atom stereocenters. The lowest BCUT2D eigenvalue weighted by molar-refractivity contribution is 0.0711. The summed E-state index contributed by atoms with van der Waals surface area (Å²) in [6, 6.07) is 13.7. The number of hydrogen-bond acceptors (Lipinski definition) is 4. The highest BCUT2D eigenvalue weighted by Gasteiger charge is 2.27. The molecule has 6 nitrogen and oxygen atoms in total. The summed E-state index contributed by atoms with van der Waals surface area (Å²) in [5.41, 5.74) is 1.63. The standard InChI is InChI=1S/C21H26N2O4S/c1-3-27-19-8-6-17(7-9-19)21(24)23-14-12-18(13-15-23)22-28(25,26)20-10-4-16(2)5-11-20/h4-11,18,22H,3,12-15H2,1-2H3. The van der Waals surface area contributed by atoms with Gasteiger partial charge in [-0.25, -0.2) is 13.1 Å². The average molecular weight is 403 g/mol. The molecule has 1 heterocycles. The Morgan fingerprint density at radius 2 is 1.68 bits per heavy atom. The lowest BCUT2D eigenvalue weighted by Crippen LogP contribution is -2.46. The van der Waals surface area contributed by atoms with Crippen LogP contribution < -0.4 is 9.46 Å². The summed E-state index contributed by atoms with van der Waals surface area (Å²) in [4.78, 5) is 14.7. The first-order valence-electron chi connectivity index (χ1n) is 9.50. The van der Waals surface area contributed by atoms with Gasteiger partial charge in [0.1, 0.15) is 5.75 Å². The van der Waals surface area contributed by atoms with Crippen LogP contribution in [-0.2, 0) is 10.0 Å². The zero-order chi connectivity index (χ0) is 20.1. The molecule has 0 spiro atoms. The minimum Gasteiger partial charge on any atom is -0.494 e. The Balaban J connectivity index is 1.56. The van der Waals surface area contributed by atoms with Gasteiger partial charge in [-0.15, -0.1) is 0 Å². The highest BCUT2D eigenvalue weighted by molar-refractivity contribution is 7.89. The van der Waals surface area contributed by atoms with Gasteiger partial charge in [-0.3, -0.25) is 4.79 Å². The molecule has 1 aliphatic rings. The molecule has 0 atom stereocenters. The molecule has 28 heavy (non-hydrogen) atoms. The van der Waals surface area contributed by atoms with E-state index in [2.05, 4.69) is 4.72 Å². The molecule has 0 bridgehead atoms. The molecule has 1 N–H and O–H groups in total. The van der Waals surface area contributed by atoms with E-state index < -0.39 is 10.0 Å². The van der Waals surface area contributed by atoms with Crippen molar-refractivity contribution in [3.63, 3.8) is 0 Å². The third-order valence-corrected chi connectivity index (χ3v) is 6.38. The molecule has 2 aromatic rings. The molecule has 150 valence electrons. The zero-order valence-corrected chi connectivity index (χ0v) is 17.0. The molecule has 0 radical (unpaired) electrons. The van der Waals surface area contributed by atoms with Crippen LogP contribution in [0.15, 0.2) is 53.4 Å². The molecule has 7 heteroatoms. The van der Waals surface area contributed by atoms with Gasteiger partial charge in [0.05, 0.1) is 11.5 Å². The van der Waals surface area contributed by atoms with Crippen molar-refractivity contribution in [2.45, 2.75) is 37.6 Å². The van der Waals surface area contributed by atoms with Gasteiger partial charge in [-0.05, 0) is 63.1 Å². The van der Waals surface area contributed by atoms with Crippen molar-refractivity contribution in [2.24, 2.45) is 0 Å². The van der Waals surface area contributed by atoms with E-state index in [1.807, 2.05) is 13.8 Å². The predicted molar refractivity (Wildman–Crippen MR) is 108 cm³/mol. The van der Waals surface area contributed by atoms with Crippen molar-refractivity contribution in [1.82, 2.24) is 9.62 Å². The monoisotopic (exact) mass is 402 g/mol. The summed E-state index contributed by atoms with van der Waals surface area (Å²) in [7, 11) is -3.54. The van der Waals surface area contributed by atoms with Crippen molar-refractivity contribution in [3.8, 4) is 5.75 Å². The predicted octanol–water partition coefficient (Wildman–Crippen LogP) is 2.98. The van der Waals surface area contributed by atoms with E-state index in [1.54, 1.807) is 53.4 Å². The van der Waals surface area contributed by atoms with E-state index in [-0.39, 0.29) is 16.8 Å². The second-order valence-corrected chi connectivity index (χ2v) is 8.67. The number of nitrogens with zero attached hydrogens (tertiary/aromatic N) is 1. The molecule has 1 fully saturated rings. The van der Waals surface area contributed by atoms with Crippen LogP contribution >= 0.6 is 0 Å². The van der Waals surface area contributed by atoms with Gasteiger partial charge in [0.15, 0.2) is 0 Å². The van der Waals surface area contributed by atoms with E-state index in [4.69, 9.17) is 4.74 Å². The van der Waals surface area contributed by atoms with Gasteiger partial charge >= 0.3 is 0 Å². The third-order valence-electron chi connectivity index (χ3n) is 4.85. The highest BCUT2D eigenvalue weighted by atomic mass is 32.2. The fraction of sp³-hybridized carbons (Fsp3) is 0.381. The Hall–Kier alpha value is -2.38. The maximum atomic E-state index is 12.7. The first kappa shape index (κ1) is 20.4. The Kier molecular flexibility index (Phi) is 6.36. The summed E-state index contributed by atoms with van der Waals surface area (Å²) in [6.45, 7) is 5.46. The number of ether oxygens (including phenoxy) is 1. The first-order valence-corrected chi connectivity index (χ1v) is 11.0. The van der Waals surface area contributed by atoms with E-state index in [0.717, 1.165) is 11.3 Å². The van der Waals surface area contributed by atoms with E-state index in [0.29, 0.717) is 38.1 Å². The van der Waals surface area contributed by atoms with Crippen LogP contribution in [-0.4, -0.2) is 45.0 Å². The molecule has 3 rings (SSSR count). The van der Waals surface area contributed by atoms with Gasteiger partial charge in [0, 0.05) is 24.7 Å². The molecule has 1 saturated heterocycles. The smallest absolute Gasteiger partial charge is 0.253 e. The Morgan fingerprint density at radius 1 is 1.07 bits per heavy atom. The summed E-state index contributed by atoms with van der Waals surface area (Å²) in [5.74, 6) is 0.700. The van der Waals surface area contributed by atoms with Gasteiger partial charge in [-0.1, -0.05) is 17.7 Å². The first-order chi connectivity index (χ1) is 13.4. The third kappa shape index (κ3) is 4.91. The Bertz CT molecular complexity index is 900. The van der Waals surface area contributed by atoms with Gasteiger partial charge < -0.3 is 9.64 Å². The molecular weight excluding hydrogens is 376 g/mol. The minimum atomic E-state index is -3.54. The number of piperidine rings is 1. The van der Waals surface area contributed by atoms with Crippen LogP contribution in [0.3, 0.4) is 0 Å². The van der Waals surface area contributed by atoms with Crippen molar-refractivity contribution in [1.29, 1.82) is 0 Å². The molecular formula is C21H26N2O4S. The van der Waals surface area contributed by atoms with Crippen LogP contribution in [0.25, 0.3) is 0 Å². The lowest BCUT2D eigenvalue weighted by atomic mass is 10.0. The van der Waals surface area contributed by atoms with Gasteiger partial charge in [0.2, 0.25) is 10.0 Å². The summed E-state index contributed by atoms with van der Waals surface area (Å²) in [6.07, 6.45) is 1.18. The summed E-state index contributed by atoms with van der Waals surface area (Å²) >= 11 is 0. The number of benzene rings is 2. The molecule has 0 aliphatic carbocycles. The van der Waals surface area contributed by atoms with Crippen LogP contribution in [0.2, 0.25) is 0 Å². The highest BCUT2D eigenvalue weighted by Crippen LogP contribution is 2.19. The van der Waals surface area contributed by atoms with Crippen LogP contribution in [0, 0.1) is 6.92 Å². The summed E-state index contributed by atoms with van der Waals surface area (Å²) in [5, 5.41) is 0. The number of hydrogen-bond donors (Lipinski definition) is 1. The number of nitrogens with one attached hydrogen (secondary N) is 1. The number of amides is 1. The maximum Gasteiger partial charge on any atom is 0.253 e. The van der Waals surface area contributed by atoms with Gasteiger partial charge in [0.25, 0.3) is 5.91 Å². The molecule has 1 aliphatic heterocycles. The normalized spacial score (nSPS) is 15.4. The molecule has 1 amide bonds. The summed E-state index contributed by atoms with van der Waals surface area (Å²) < 4.78 is 33.2. The van der Waals surface area contributed by atoms with Crippen molar-refractivity contribution < 1.29 is 17.9 Å². The number of carbonyl (C=O) groups is 1. The van der Waals surface area contributed by atoms with Gasteiger partial charge in [-0.2, -0.15) is 0 Å². The van der Waals surface area contributed by atoms with Crippen molar-refractivity contribution in [3.05, 3.63) is 59.7 Å². The molecule has 0 saturated carbocycles. The fourth-order valence-corrected chi connectivity index (χ4v) is 4.55. The Labute approximate surface area is 166 Å². The zero-order valence-electron chi connectivity index (χ0n) is 16.2. The van der Waals surface area contributed by atoms with Crippen LogP contribution in [0.1, 0.15) is 35.7 Å². The van der Waals surface area contributed by atoms with Crippen molar-refractivity contribution >= 4 is 15.9 Å². The fourth-order valence-electron chi connectivity index (χ4n) is 3.25. The molecule has 0 aromatic heterocycles. The Morgan fingerprint density at radius 3 is 2.25 bits per heavy atom. The second-order valence-electron chi connectivity index (χ2n) is 6.96. The van der Waals surface area contributed by atoms with E-state index >= 15 is 0 Å². The van der Waals surface area contributed by atoms with E-state index in [1.165, 1.54) is 0 Å². The van der Waals surface area contributed by atoms with Crippen molar-refractivity contribution in [2.75, 3.05) is 19.7 Å². The van der Waals surface area contributed by atoms with Crippen LogP contribution in [0.5, 0.6) is 5.75 Å². The SMILES string of the molecule is CCOc1ccc(C(=O)N2CCC(NS(=O)(=O)c3ccc(C)cc3)CC2)cc1. The lowest BCUT2D eigenvalue weighted by Gasteiger charge is -2.32. The second kappa shape index (κ2) is 8.75. The van der Waals surface area contributed by atoms with Crippen LogP contribution in [0.4, 0.5) is 0 Å². The number of aryl methyl sites for hydroxylation is 1. The average Bonchev–Trinajstić information content (AvgIpc) is 2.69. The topological polar surface area (TPSA) is 75.7 Å². The maximum absolute atomic E-state index is 12.7. The quantitative estimate of drug-likeness (QED) is 0.806. The largest absolute Gasteiger partial charge is 0.494 e. The number of carbonyl (C=O) groups excluding carboxylic acids is 1. The van der Waals surface area contributed by atoms with E-state index in [9.17, 15) is 13.2 Å². The number of likely N-dealkylation sites (tertiary alicyclic amines) is 1. The number of sulfonamides is 1. The molecule has 2 aromatic carbocycles. The number of rotatable bonds is 6.